The van der Waals surface area contributed by atoms with Crippen LogP contribution in [0.2, 0.25) is 0 Å². The Labute approximate surface area is 214 Å². The minimum Gasteiger partial charge on any atom is -0.497 e. The number of aryl methyl sites for hydroxylation is 1. The third kappa shape index (κ3) is 4.73. The van der Waals surface area contributed by atoms with E-state index in [1.807, 2.05) is 19.1 Å². The summed E-state index contributed by atoms with van der Waals surface area (Å²) in [6.45, 7) is 3.41. The number of methoxy groups -OCH3 is 3. The molecule has 0 saturated heterocycles. The number of carbonyl (C=O) groups is 3. The van der Waals surface area contributed by atoms with E-state index in [1.54, 1.807) is 62.8 Å². The highest BCUT2D eigenvalue weighted by molar-refractivity contribution is 6.38. The lowest BCUT2D eigenvalue weighted by Crippen LogP contribution is -2.24. The third-order valence-electron chi connectivity index (χ3n) is 6.16. The molecular formula is C29H26N2O6. The number of hydrogen-bond acceptors (Lipinski definition) is 7. The zero-order valence-electron chi connectivity index (χ0n) is 21.2. The Bertz CT molecular complexity index is 1450. The molecule has 0 aliphatic heterocycles. The fourth-order valence-electron chi connectivity index (χ4n) is 4.38. The normalized spacial score (nSPS) is 13.5. The second-order valence-corrected chi connectivity index (χ2v) is 8.36. The minimum absolute atomic E-state index is 0.142. The highest BCUT2D eigenvalue weighted by atomic mass is 16.5. The molecule has 2 aromatic carbocycles. The number of benzene rings is 2. The van der Waals surface area contributed by atoms with Crippen molar-refractivity contribution in [2.24, 2.45) is 0 Å². The van der Waals surface area contributed by atoms with Crippen molar-refractivity contribution < 1.29 is 28.6 Å². The number of anilines is 1. The van der Waals surface area contributed by atoms with E-state index in [0.29, 0.717) is 28.1 Å². The van der Waals surface area contributed by atoms with Crippen LogP contribution in [0.15, 0.2) is 78.0 Å². The SMILES string of the molecule is COC1=C(OC)C(=O)C(c2cc(C)c(-c3ccncc3)c(C(=O)Nc3ccc(OC)cc3)c2)=C(C)C1=O. The first-order chi connectivity index (χ1) is 17.8. The Morgan fingerprint density at radius 2 is 1.41 bits per heavy atom. The Morgan fingerprint density at radius 3 is 2.00 bits per heavy atom. The summed E-state index contributed by atoms with van der Waals surface area (Å²) < 4.78 is 15.6. The van der Waals surface area contributed by atoms with Gasteiger partial charge < -0.3 is 19.5 Å². The molecule has 0 bridgehead atoms. The zero-order valence-corrected chi connectivity index (χ0v) is 21.2. The van der Waals surface area contributed by atoms with E-state index in [0.717, 1.165) is 11.1 Å². The molecule has 1 aromatic heterocycles. The van der Waals surface area contributed by atoms with Gasteiger partial charge in [0.2, 0.25) is 23.1 Å². The van der Waals surface area contributed by atoms with Gasteiger partial charge in [0, 0.05) is 34.8 Å². The molecule has 37 heavy (non-hydrogen) atoms. The van der Waals surface area contributed by atoms with Crippen LogP contribution in [0.4, 0.5) is 5.69 Å². The van der Waals surface area contributed by atoms with Gasteiger partial charge in [-0.1, -0.05) is 6.07 Å². The van der Waals surface area contributed by atoms with E-state index in [4.69, 9.17) is 14.2 Å². The molecule has 0 atom stereocenters. The molecule has 1 amide bonds. The van der Waals surface area contributed by atoms with Crippen LogP contribution in [0, 0.1) is 6.92 Å². The van der Waals surface area contributed by atoms with Crippen LogP contribution >= 0.6 is 0 Å². The van der Waals surface area contributed by atoms with Crippen molar-refractivity contribution in [3.63, 3.8) is 0 Å². The Balaban J connectivity index is 1.87. The highest BCUT2D eigenvalue weighted by Gasteiger charge is 2.36. The fraction of sp³-hybridized carbons (Fsp3) is 0.172. The number of allylic oxidation sites excluding steroid dienone is 2. The molecule has 1 N–H and O–H groups in total. The van der Waals surface area contributed by atoms with Gasteiger partial charge in [-0.15, -0.1) is 0 Å². The van der Waals surface area contributed by atoms with Gasteiger partial charge in [-0.2, -0.15) is 0 Å². The Kier molecular flexibility index (Phi) is 7.20. The van der Waals surface area contributed by atoms with E-state index in [9.17, 15) is 14.4 Å². The second kappa shape index (κ2) is 10.5. The number of pyridine rings is 1. The number of amides is 1. The third-order valence-corrected chi connectivity index (χ3v) is 6.16. The zero-order chi connectivity index (χ0) is 26.7. The number of hydrogen-bond donors (Lipinski definition) is 1. The minimum atomic E-state index is -0.492. The molecule has 1 aliphatic carbocycles. The van der Waals surface area contributed by atoms with E-state index in [1.165, 1.54) is 14.2 Å². The first-order valence-electron chi connectivity index (χ1n) is 11.4. The largest absolute Gasteiger partial charge is 0.497 e. The summed E-state index contributed by atoms with van der Waals surface area (Å²) in [4.78, 5) is 44.1. The lowest BCUT2D eigenvalue weighted by atomic mass is 9.84. The van der Waals surface area contributed by atoms with Gasteiger partial charge in [0.05, 0.1) is 21.3 Å². The van der Waals surface area contributed by atoms with Gasteiger partial charge in [-0.3, -0.25) is 19.4 Å². The molecule has 3 aromatic rings. The standard InChI is InChI=1S/C29H26N2O6/c1-16-14-19(24-17(2)25(32)27(36-4)28(37-5)26(24)33)15-22(23(16)18-10-12-30-13-11-18)29(34)31-20-6-8-21(35-3)9-7-20/h6-15H,1-5H3,(H,31,34). The molecule has 1 aliphatic rings. The van der Waals surface area contributed by atoms with Crippen LogP contribution in [-0.4, -0.2) is 43.8 Å². The predicted molar refractivity (Wildman–Crippen MR) is 139 cm³/mol. The van der Waals surface area contributed by atoms with Crippen molar-refractivity contribution in [2.75, 3.05) is 26.6 Å². The van der Waals surface area contributed by atoms with Gasteiger partial charge in [0.1, 0.15) is 5.75 Å². The summed E-state index contributed by atoms with van der Waals surface area (Å²) in [7, 11) is 4.19. The number of rotatable bonds is 7. The summed E-state index contributed by atoms with van der Waals surface area (Å²) in [5, 5.41) is 2.91. The van der Waals surface area contributed by atoms with Crippen molar-refractivity contribution in [1.82, 2.24) is 4.98 Å². The molecule has 1 heterocycles. The number of nitrogens with one attached hydrogen (secondary N) is 1. The topological polar surface area (TPSA) is 104 Å². The smallest absolute Gasteiger partial charge is 0.256 e. The van der Waals surface area contributed by atoms with E-state index in [2.05, 4.69) is 10.3 Å². The first kappa shape index (κ1) is 25.4. The summed E-state index contributed by atoms with van der Waals surface area (Å²) in [5.41, 5.74) is 3.91. The van der Waals surface area contributed by atoms with Crippen molar-refractivity contribution in [1.29, 1.82) is 0 Å². The van der Waals surface area contributed by atoms with Gasteiger partial charge >= 0.3 is 0 Å². The summed E-state index contributed by atoms with van der Waals surface area (Å²) in [5.74, 6) is -0.976. The molecule has 0 saturated carbocycles. The van der Waals surface area contributed by atoms with Crippen LogP contribution in [0.1, 0.15) is 28.4 Å². The molecule has 0 fully saturated rings. The summed E-state index contributed by atoms with van der Waals surface area (Å²) >= 11 is 0. The van der Waals surface area contributed by atoms with E-state index >= 15 is 0 Å². The lowest BCUT2D eigenvalue weighted by Gasteiger charge is -2.22. The number of carbonyl (C=O) groups excluding carboxylic acids is 3. The van der Waals surface area contributed by atoms with Crippen LogP contribution in [0.5, 0.6) is 5.75 Å². The van der Waals surface area contributed by atoms with Crippen LogP contribution < -0.4 is 10.1 Å². The number of ketones is 2. The highest BCUT2D eigenvalue weighted by Crippen LogP contribution is 2.36. The maximum Gasteiger partial charge on any atom is 0.256 e. The van der Waals surface area contributed by atoms with Crippen molar-refractivity contribution >= 4 is 28.7 Å². The first-order valence-corrected chi connectivity index (χ1v) is 11.4. The van der Waals surface area contributed by atoms with Crippen LogP contribution in [0.3, 0.4) is 0 Å². The fourth-order valence-corrected chi connectivity index (χ4v) is 4.38. The molecule has 188 valence electrons. The van der Waals surface area contributed by atoms with Gasteiger partial charge in [-0.25, -0.2) is 0 Å². The Morgan fingerprint density at radius 1 is 0.784 bits per heavy atom. The molecule has 0 unspecified atom stereocenters. The summed E-state index contributed by atoms with van der Waals surface area (Å²) in [6.07, 6.45) is 3.29. The van der Waals surface area contributed by atoms with Crippen molar-refractivity contribution in [2.45, 2.75) is 13.8 Å². The number of ether oxygens (including phenoxy) is 3. The van der Waals surface area contributed by atoms with Crippen LogP contribution in [-0.2, 0) is 19.1 Å². The molecule has 4 rings (SSSR count). The van der Waals surface area contributed by atoms with Crippen molar-refractivity contribution in [3.8, 4) is 16.9 Å². The molecule has 0 radical (unpaired) electrons. The van der Waals surface area contributed by atoms with E-state index in [-0.39, 0.29) is 28.6 Å². The van der Waals surface area contributed by atoms with E-state index < -0.39 is 11.6 Å². The maximum absolute atomic E-state index is 13.6. The average molecular weight is 499 g/mol. The lowest BCUT2D eigenvalue weighted by molar-refractivity contribution is -0.119. The molecule has 8 nitrogen and oxygen atoms in total. The average Bonchev–Trinajstić information content (AvgIpc) is 2.91. The predicted octanol–water partition coefficient (Wildman–Crippen LogP) is 4.75. The van der Waals surface area contributed by atoms with Gasteiger partial charge in [-0.05, 0) is 78.6 Å². The number of Topliss-reactive ketones (excluding diaryl/α,β-unsaturated/α-hetero) is 2. The van der Waals surface area contributed by atoms with Crippen molar-refractivity contribution in [3.05, 3.63) is 94.7 Å². The Hall–Kier alpha value is -4.72. The molecule has 8 heteroatoms. The molecular weight excluding hydrogens is 472 g/mol. The number of nitrogens with zero attached hydrogens (tertiary/aromatic N) is 1. The monoisotopic (exact) mass is 498 g/mol. The second-order valence-electron chi connectivity index (χ2n) is 8.36. The number of aromatic nitrogens is 1. The molecule has 0 spiro atoms. The van der Waals surface area contributed by atoms with Gasteiger partial charge in [0.15, 0.2) is 0 Å². The quantitative estimate of drug-likeness (QED) is 0.469. The van der Waals surface area contributed by atoms with Gasteiger partial charge in [0.25, 0.3) is 5.91 Å². The maximum atomic E-state index is 13.6. The van der Waals surface area contributed by atoms with Crippen LogP contribution in [0.25, 0.3) is 16.7 Å². The summed E-state index contributed by atoms with van der Waals surface area (Å²) in [6, 6.07) is 14.0.